The van der Waals surface area contributed by atoms with Gasteiger partial charge in [0.05, 0.1) is 10.1 Å². The van der Waals surface area contributed by atoms with Crippen molar-refractivity contribution in [1.29, 1.82) is 0 Å². The maximum Gasteiger partial charge on any atom is 0.204 e. The van der Waals surface area contributed by atoms with Crippen LogP contribution < -0.4 is 5.32 Å². The van der Waals surface area contributed by atoms with Gasteiger partial charge in [0.15, 0.2) is 0 Å². The van der Waals surface area contributed by atoms with Crippen molar-refractivity contribution >= 4 is 53.4 Å². The Bertz CT molecular complexity index is 1040. The van der Waals surface area contributed by atoms with Crippen molar-refractivity contribution in [2.75, 3.05) is 31.5 Å². The SMILES string of the molecule is CC12CCC(C(S)S)=CC1OC1(CCN(CCNc3ccnc4cc(Cl)ccc34)CC1)OO2. The van der Waals surface area contributed by atoms with Gasteiger partial charge < -0.3 is 15.0 Å². The van der Waals surface area contributed by atoms with Crippen molar-refractivity contribution < 1.29 is 14.5 Å². The first-order valence-electron chi connectivity index (χ1n) is 11.5. The smallest absolute Gasteiger partial charge is 0.204 e. The molecule has 2 saturated heterocycles. The van der Waals surface area contributed by atoms with E-state index < -0.39 is 11.4 Å². The van der Waals surface area contributed by atoms with E-state index in [4.69, 9.17) is 26.1 Å². The number of pyridine rings is 1. The van der Waals surface area contributed by atoms with Crippen LogP contribution in [-0.4, -0.2) is 58.1 Å². The molecule has 0 saturated carbocycles. The number of aromatic nitrogens is 1. The third kappa shape index (κ3) is 5.03. The molecule has 1 spiro atoms. The van der Waals surface area contributed by atoms with Crippen LogP contribution in [0.3, 0.4) is 0 Å². The molecule has 1 aromatic heterocycles. The summed E-state index contributed by atoms with van der Waals surface area (Å²) in [7, 11) is 0. The normalized spacial score (nSPS) is 27.5. The largest absolute Gasteiger partial charge is 0.383 e. The maximum absolute atomic E-state index is 6.53. The molecular weight excluding hydrogens is 478 g/mol. The van der Waals surface area contributed by atoms with E-state index >= 15 is 0 Å². The lowest BCUT2D eigenvalue weighted by Gasteiger charge is -2.51. The number of benzene rings is 1. The number of rotatable bonds is 5. The third-order valence-electron chi connectivity index (χ3n) is 7.00. The number of piperidine rings is 1. The molecule has 2 atom stereocenters. The van der Waals surface area contributed by atoms with E-state index in [1.165, 1.54) is 5.57 Å². The van der Waals surface area contributed by atoms with E-state index in [9.17, 15) is 0 Å². The van der Waals surface area contributed by atoms with E-state index in [1.807, 2.05) is 30.5 Å². The van der Waals surface area contributed by atoms with Gasteiger partial charge in [-0.15, -0.1) is 0 Å². The van der Waals surface area contributed by atoms with Crippen LogP contribution in [-0.2, 0) is 14.5 Å². The molecule has 3 heterocycles. The van der Waals surface area contributed by atoms with Crippen molar-refractivity contribution in [2.45, 2.75) is 54.7 Å². The van der Waals surface area contributed by atoms with Crippen LogP contribution in [0.1, 0.15) is 32.6 Å². The number of hydrogen-bond acceptors (Lipinski definition) is 8. The third-order valence-corrected chi connectivity index (χ3v) is 7.90. The fourth-order valence-corrected chi connectivity index (χ4v) is 5.41. The predicted octanol–water partition coefficient (Wildman–Crippen LogP) is 5.10. The Morgan fingerprint density at radius 2 is 2.03 bits per heavy atom. The van der Waals surface area contributed by atoms with Gasteiger partial charge in [-0.2, -0.15) is 25.3 Å². The van der Waals surface area contributed by atoms with Gasteiger partial charge in [0.1, 0.15) is 11.7 Å². The molecule has 1 aromatic carbocycles. The Balaban J connectivity index is 1.15. The number of nitrogens with zero attached hydrogens (tertiary/aromatic N) is 2. The molecule has 33 heavy (non-hydrogen) atoms. The number of hydrogen-bond donors (Lipinski definition) is 3. The first-order valence-corrected chi connectivity index (χ1v) is 12.9. The number of thiol groups is 2. The number of anilines is 1. The van der Waals surface area contributed by atoms with Crippen molar-refractivity contribution in [3.63, 3.8) is 0 Å². The molecule has 9 heteroatoms. The van der Waals surface area contributed by atoms with Crippen LogP contribution in [0.5, 0.6) is 0 Å². The second kappa shape index (κ2) is 9.57. The average Bonchev–Trinajstić information content (AvgIpc) is 2.80. The molecule has 2 unspecified atom stereocenters. The maximum atomic E-state index is 6.53. The second-order valence-corrected chi connectivity index (χ2v) is 11.2. The summed E-state index contributed by atoms with van der Waals surface area (Å²) in [4.78, 5) is 18.7. The number of fused-ring (bicyclic) bond motifs is 2. The Morgan fingerprint density at radius 1 is 1.21 bits per heavy atom. The van der Waals surface area contributed by atoms with Gasteiger partial charge in [0.25, 0.3) is 0 Å². The van der Waals surface area contributed by atoms with Gasteiger partial charge >= 0.3 is 0 Å². The molecule has 1 N–H and O–H groups in total. The standard InChI is InChI=1S/C24H30ClN3O3S2/c1-23-6-4-16(22(32)33)14-21(23)29-24(31-30-23)7-11-28(12-8-24)13-10-27-19-5-9-26-20-15-17(25)2-3-18(19)20/h2-3,5,9,14-15,21-22,32-33H,4,6-8,10-13H2,1H3,(H,26,27). The molecule has 1 aliphatic carbocycles. The van der Waals surface area contributed by atoms with Gasteiger partial charge in [-0.3, -0.25) is 4.98 Å². The van der Waals surface area contributed by atoms with E-state index in [0.717, 1.165) is 68.5 Å². The first-order chi connectivity index (χ1) is 15.9. The highest BCUT2D eigenvalue weighted by Gasteiger charge is 2.52. The van der Waals surface area contributed by atoms with Gasteiger partial charge in [-0.25, -0.2) is 9.78 Å². The van der Waals surface area contributed by atoms with E-state index in [-0.39, 0.29) is 10.7 Å². The number of likely N-dealkylation sites (tertiary alicyclic amines) is 1. The minimum atomic E-state index is -0.684. The summed E-state index contributed by atoms with van der Waals surface area (Å²) in [6.07, 6.45) is 7.08. The van der Waals surface area contributed by atoms with E-state index in [2.05, 4.69) is 53.5 Å². The molecule has 2 aromatic rings. The van der Waals surface area contributed by atoms with Crippen LogP contribution in [0.2, 0.25) is 5.02 Å². The minimum absolute atomic E-state index is 0.0687. The van der Waals surface area contributed by atoms with Crippen LogP contribution in [0.4, 0.5) is 5.69 Å². The zero-order valence-electron chi connectivity index (χ0n) is 18.7. The highest BCUT2D eigenvalue weighted by molar-refractivity contribution is 7.99. The first kappa shape index (κ1) is 23.7. The quantitative estimate of drug-likeness (QED) is 0.226. The Labute approximate surface area is 210 Å². The Hall–Kier alpha value is -1.00. The lowest BCUT2D eigenvalue weighted by Crippen LogP contribution is -2.60. The van der Waals surface area contributed by atoms with E-state index in [1.54, 1.807) is 0 Å². The minimum Gasteiger partial charge on any atom is -0.383 e. The van der Waals surface area contributed by atoms with Gasteiger partial charge in [-0.05, 0) is 49.6 Å². The molecular formula is C24H30ClN3O3S2. The summed E-state index contributed by atoms with van der Waals surface area (Å²) in [5, 5.41) is 5.32. The summed E-state index contributed by atoms with van der Waals surface area (Å²) in [6.45, 7) is 5.60. The van der Waals surface area contributed by atoms with Crippen molar-refractivity contribution in [3.05, 3.63) is 47.1 Å². The number of ether oxygens (including phenoxy) is 1. The highest BCUT2D eigenvalue weighted by atomic mass is 35.5. The molecule has 5 rings (SSSR count). The number of nitrogens with one attached hydrogen (secondary N) is 1. The Morgan fingerprint density at radius 3 is 2.82 bits per heavy atom. The van der Waals surface area contributed by atoms with Gasteiger partial charge in [0, 0.05) is 61.3 Å². The van der Waals surface area contributed by atoms with Crippen LogP contribution >= 0.6 is 36.9 Å². The fourth-order valence-electron chi connectivity index (χ4n) is 4.82. The number of halogens is 1. The molecule has 0 amide bonds. The fraction of sp³-hybridized carbons (Fsp3) is 0.542. The van der Waals surface area contributed by atoms with Crippen LogP contribution in [0.15, 0.2) is 42.1 Å². The van der Waals surface area contributed by atoms with Crippen LogP contribution in [0.25, 0.3) is 10.9 Å². The van der Waals surface area contributed by atoms with E-state index in [0.29, 0.717) is 5.02 Å². The van der Waals surface area contributed by atoms with Crippen LogP contribution in [0, 0.1) is 0 Å². The highest BCUT2D eigenvalue weighted by Crippen LogP contribution is 2.44. The molecule has 3 aliphatic rings. The molecule has 0 bridgehead atoms. The zero-order chi connectivity index (χ0) is 23.1. The molecule has 2 fully saturated rings. The molecule has 0 radical (unpaired) electrons. The summed E-state index contributed by atoms with van der Waals surface area (Å²) in [6, 6.07) is 7.80. The Kier molecular flexibility index (Phi) is 6.88. The molecule has 6 nitrogen and oxygen atoms in total. The summed E-state index contributed by atoms with van der Waals surface area (Å²) >= 11 is 15.1. The zero-order valence-corrected chi connectivity index (χ0v) is 21.2. The topological polar surface area (TPSA) is 55.9 Å². The summed E-state index contributed by atoms with van der Waals surface area (Å²) < 4.78 is 6.46. The van der Waals surface area contributed by atoms with Crippen molar-refractivity contribution in [2.24, 2.45) is 0 Å². The summed E-state index contributed by atoms with van der Waals surface area (Å²) in [5.41, 5.74) is 2.71. The molecule has 178 valence electrons. The lowest BCUT2D eigenvalue weighted by atomic mass is 9.84. The van der Waals surface area contributed by atoms with Gasteiger partial charge in [-0.1, -0.05) is 17.7 Å². The molecule has 2 aliphatic heterocycles. The lowest BCUT2D eigenvalue weighted by molar-refractivity contribution is -0.527. The summed E-state index contributed by atoms with van der Waals surface area (Å²) in [5.74, 6) is -0.684. The van der Waals surface area contributed by atoms with Crippen molar-refractivity contribution in [3.8, 4) is 0 Å². The monoisotopic (exact) mass is 507 g/mol. The average molecular weight is 508 g/mol. The van der Waals surface area contributed by atoms with Crippen molar-refractivity contribution in [1.82, 2.24) is 9.88 Å². The second-order valence-electron chi connectivity index (χ2n) is 9.33. The predicted molar refractivity (Wildman–Crippen MR) is 138 cm³/mol. The van der Waals surface area contributed by atoms with Gasteiger partial charge in [0.2, 0.25) is 5.79 Å².